The lowest BCUT2D eigenvalue weighted by Crippen LogP contribution is -2.39. The molecule has 1 fully saturated rings. The van der Waals surface area contributed by atoms with Gasteiger partial charge in [-0.1, -0.05) is 0 Å². The van der Waals surface area contributed by atoms with Crippen LogP contribution in [0.5, 0.6) is 0 Å². The first kappa shape index (κ1) is 14.1. The molecule has 0 unspecified atom stereocenters. The van der Waals surface area contributed by atoms with Gasteiger partial charge in [-0.2, -0.15) is 4.31 Å². The van der Waals surface area contributed by atoms with E-state index in [1.165, 1.54) is 16.4 Å². The number of hydrogen-bond donors (Lipinski definition) is 0. The molecule has 0 spiro atoms. The molecular weight excluding hydrogens is 269 g/mol. The lowest BCUT2D eigenvalue weighted by molar-refractivity contribution is -0.112. The van der Waals surface area contributed by atoms with Crippen LogP contribution in [0.25, 0.3) is 0 Å². The van der Waals surface area contributed by atoms with Crippen molar-refractivity contribution in [1.82, 2.24) is 4.31 Å². The van der Waals surface area contributed by atoms with Crippen molar-refractivity contribution in [3.05, 3.63) is 29.6 Å². The molecule has 1 aromatic carbocycles. The number of carbonyl (C=O) groups is 1. The van der Waals surface area contributed by atoms with Crippen LogP contribution in [0.4, 0.5) is 4.39 Å². The van der Waals surface area contributed by atoms with Gasteiger partial charge in [0, 0.05) is 19.0 Å². The number of sulfonamides is 1. The summed E-state index contributed by atoms with van der Waals surface area (Å²) in [6.45, 7) is 2.25. The van der Waals surface area contributed by atoms with E-state index < -0.39 is 15.8 Å². The molecule has 2 rings (SSSR count). The van der Waals surface area contributed by atoms with Crippen molar-refractivity contribution in [1.29, 1.82) is 0 Å². The third-order valence-electron chi connectivity index (χ3n) is 3.45. The zero-order valence-electron chi connectivity index (χ0n) is 10.7. The highest BCUT2D eigenvalue weighted by molar-refractivity contribution is 7.89. The number of nitrogens with zero attached hydrogens (tertiary/aromatic N) is 1. The molecule has 0 radical (unpaired) electrons. The third-order valence-corrected chi connectivity index (χ3v) is 5.50. The van der Waals surface area contributed by atoms with E-state index in [9.17, 15) is 17.6 Å². The van der Waals surface area contributed by atoms with Crippen LogP contribution in [0, 0.1) is 18.7 Å². The lowest BCUT2D eigenvalue weighted by atomic mass is 10.0. The molecule has 1 aliphatic heterocycles. The van der Waals surface area contributed by atoms with Gasteiger partial charge in [0.15, 0.2) is 0 Å². The molecule has 0 N–H and O–H groups in total. The zero-order valence-corrected chi connectivity index (χ0v) is 11.5. The third kappa shape index (κ3) is 2.84. The summed E-state index contributed by atoms with van der Waals surface area (Å²) in [6, 6.07) is 3.66. The minimum absolute atomic E-state index is 0.0548. The molecule has 0 aromatic heterocycles. The van der Waals surface area contributed by atoms with Crippen LogP contribution in [0.1, 0.15) is 18.4 Å². The van der Waals surface area contributed by atoms with E-state index >= 15 is 0 Å². The fraction of sp³-hybridized carbons (Fsp3) is 0.462. The Bertz CT molecular complexity index is 578. The molecule has 0 saturated carbocycles. The van der Waals surface area contributed by atoms with E-state index in [-0.39, 0.29) is 10.8 Å². The van der Waals surface area contributed by atoms with Gasteiger partial charge in [0.2, 0.25) is 10.0 Å². The van der Waals surface area contributed by atoms with Gasteiger partial charge in [-0.15, -0.1) is 0 Å². The Morgan fingerprint density at radius 3 is 2.47 bits per heavy atom. The van der Waals surface area contributed by atoms with Crippen LogP contribution in [0.3, 0.4) is 0 Å². The van der Waals surface area contributed by atoms with Crippen LogP contribution in [-0.4, -0.2) is 32.1 Å². The summed E-state index contributed by atoms with van der Waals surface area (Å²) in [6.07, 6.45) is 1.97. The summed E-state index contributed by atoms with van der Waals surface area (Å²) in [4.78, 5) is 10.8. The molecule has 1 saturated heterocycles. The second-order valence-corrected chi connectivity index (χ2v) is 6.69. The first-order chi connectivity index (χ1) is 8.95. The zero-order chi connectivity index (χ0) is 14.0. The maximum absolute atomic E-state index is 13.0. The van der Waals surface area contributed by atoms with Crippen LogP contribution in [0.2, 0.25) is 0 Å². The van der Waals surface area contributed by atoms with Crippen molar-refractivity contribution in [3.63, 3.8) is 0 Å². The Hall–Kier alpha value is -1.27. The Morgan fingerprint density at radius 1 is 1.32 bits per heavy atom. The average Bonchev–Trinajstić information content (AvgIpc) is 2.38. The number of aldehydes is 1. The Kier molecular flexibility index (Phi) is 4.01. The predicted octanol–water partition coefficient (Wildman–Crippen LogP) is 1.73. The number of rotatable bonds is 3. The molecule has 1 aliphatic rings. The molecule has 1 heterocycles. The van der Waals surface area contributed by atoms with E-state index in [0.29, 0.717) is 31.5 Å². The van der Waals surface area contributed by atoms with Crippen molar-refractivity contribution >= 4 is 16.3 Å². The van der Waals surface area contributed by atoms with Gasteiger partial charge < -0.3 is 4.79 Å². The molecule has 1 aromatic rings. The molecule has 0 aliphatic carbocycles. The van der Waals surface area contributed by atoms with Crippen LogP contribution < -0.4 is 0 Å². The fourth-order valence-electron chi connectivity index (χ4n) is 2.29. The Balaban J connectivity index is 2.25. The van der Waals surface area contributed by atoms with Gasteiger partial charge in [-0.3, -0.25) is 0 Å². The van der Waals surface area contributed by atoms with E-state index in [2.05, 4.69) is 0 Å². The average molecular weight is 285 g/mol. The van der Waals surface area contributed by atoms with Gasteiger partial charge in [-0.05, 0) is 43.5 Å². The molecule has 0 bridgehead atoms. The minimum atomic E-state index is -3.59. The van der Waals surface area contributed by atoms with Crippen molar-refractivity contribution in [3.8, 4) is 0 Å². The first-order valence-corrected chi connectivity index (χ1v) is 7.61. The number of piperidine rings is 1. The van der Waals surface area contributed by atoms with E-state index in [1.54, 1.807) is 6.92 Å². The van der Waals surface area contributed by atoms with Crippen LogP contribution in [0.15, 0.2) is 23.1 Å². The molecule has 104 valence electrons. The van der Waals surface area contributed by atoms with Crippen molar-refractivity contribution < 1.29 is 17.6 Å². The van der Waals surface area contributed by atoms with Gasteiger partial charge in [0.05, 0.1) is 4.90 Å². The fourth-order valence-corrected chi connectivity index (χ4v) is 3.97. The second kappa shape index (κ2) is 5.38. The monoisotopic (exact) mass is 285 g/mol. The van der Waals surface area contributed by atoms with Crippen molar-refractivity contribution in [2.45, 2.75) is 24.7 Å². The topological polar surface area (TPSA) is 54.5 Å². The smallest absolute Gasteiger partial charge is 0.243 e. The molecule has 0 amide bonds. The number of hydrogen-bond acceptors (Lipinski definition) is 3. The van der Waals surface area contributed by atoms with E-state index in [4.69, 9.17) is 0 Å². The number of halogens is 1. The Labute approximate surface area is 112 Å². The van der Waals surface area contributed by atoms with Gasteiger partial charge in [0.1, 0.15) is 12.1 Å². The minimum Gasteiger partial charge on any atom is -0.303 e. The van der Waals surface area contributed by atoms with Gasteiger partial charge in [0.25, 0.3) is 0 Å². The summed E-state index contributed by atoms with van der Waals surface area (Å²) in [5.41, 5.74) is 0.400. The quantitative estimate of drug-likeness (QED) is 0.795. The second-order valence-electron chi connectivity index (χ2n) is 4.79. The largest absolute Gasteiger partial charge is 0.303 e. The summed E-state index contributed by atoms with van der Waals surface area (Å²) in [7, 11) is -3.59. The van der Waals surface area contributed by atoms with E-state index in [1.807, 2.05) is 0 Å². The molecule has 4 nitrogen and oxygen atoms in total. The van der Waals surface area contributed by atoms with Gasteiger partial charge in [-0.25, -0.2) is 12.8 Å². The molecule has 19 heavy (non-hydrogen) atoms. The maximum atomic E-state index is 13.0. The highest BCUT2D eigenvalue weighted by atomic mass is 32.2. The van der Waals surface area contributed by atoms with Crippen LogP contribution in [-0.2, 0) is 14.8 Å². The van der Waals surface area contributed by atoms with Gasteiger partial charge >= 0.3 is 0 Å². The molecular formula is C13H16FNO3S. The summed E-state index contributed by atoms with van der Waals surface area (Å²) < 4.78 is 39.3. The number of benzene rings is 1. The first-order valence-electron chi connectivity index (χ1n) is 6.17. The SMILES string of the molecule is Cc1cc(F)ccc1S(=O)(=O)N1CCC(C=O)CC1. The normalized spacial score (nSPS) is 18.4. The number of carbonyl (C=O) groups excluding carboxylic acids is 1. The standard InChI is InChI=1S/C13H16FNO3S/c1-10-8-12(14)2-3-13(10)19(17,18)15-6-4-11(9-16)5-7-15/h2-3,8-9,11H,4-7H2,1H3. The summed E-state index contributed by atoms with van der Waals surface area (Å²) >= 11 is 0. The number of aryl methyl sites for hydroxylation is 1. The van der Waals surface area contributed by atoms with Crippen molar-refractivity contribution in [2.75, 3.05) is 13.1 Å². The van der Waals surface area contributed by atoms with Crippen LogP contribution >= 0.6 is 0 Å². The predicted molar refractivity (Wildman–Crippen MR) is 68.7 cm³/mol. The Morgan fingerprint density at radius 2 is 1.95 bits per heavy atom. The summed E-state index contributed by atoms with van der Waals surface area (Å²) in [5, 5.41) is 0. The molecule has 0 atom stereocenters. The summed E-state index contributed by atoms with van der Waals surface area (Å²) in [5.74, 6) is -0.503. The molecule has 6 heteroatoms. The highest BCUT2D eigenvalue weighted by Crippen LogP contribution is 2.25. The lowest BCUT2D eigenvalue weighted by Gasteiger charge is -2.29. The highest BCUT2D eigenvalue weighted by Gasteiger charge is 2.30. The van der Waals surface area contributed by atoms with Crippen molar-refractivity contribution in [2.24, 2.45) is 5.92 Å². The van der Waals surface area contributed by atoms with E-state index in [0.717, 1.165) is 12.4 Å². The maximum Gasteiger partial charge on any atom is 0.243 e.